The van der Waals surface area contributed by atoms with Crippen molar-refractivity contribution in [2.45, 2.75) is 32.4 Å². The maximum Gasteiger partial charge on any atom is 0.244 e. The van der Waals surface area contributed by atoms with E-state index in [0.29, 0.717) is 5.92 Å². The van der Waals surface area contributed by atoms with Gasteiger partial charge in [0, 0.05) is 6.54 Å². The molecule has 2 aromatic rings. The highest BCUT2D eigenvalue weighted by molar-refractivity contribution is 5.76. The lowest BCUT2D eigenvalue weighted by Gasteiger charge is -2.29. The van der Waals surface area contributed by atoms with Crippen molar-refractivity contribution in [1.29, 1.82) is 0 Å². The summed E-state index contributed by atoms with van der Waals surface area (Å²) in [5, 5.41) is 10.9. The van der Waals surface area contributed by atoms with Gasteiger partial charge in [-0.15, -0.1) is 5.10 Å². The third-order valence-electron chi connectivity index (χ3n) is 3.91. The maximum atomic E-state index is 12.6. The van der Waals surface area contributed by atoms with Crippen molar-refractivity contribution in [3.63, 3.8) is 0 Å². The van der Waals surface area contributed by atoms with Crippen molar-refractivity contribution < 1.29 is 4.79 Å². The Bertz CT molecular complexity index is 579. The molecule has 0 bridgehead atoms. The molecular weight excluding hydrogens is 266 g/mol. The summed E-state index contributed by atoms with van der Waals surface area (Å²) in [6.45, 7) is 3.09. The van der Waals surface area contributed by atoms with E-state index in [9.17, 15) is 4.79 Å². The number of nitrogens with zero attached hydrogens (tertiary/aromatic N) is 5. The minimum absolute atomic E-state index is 0.0607. The fraction of sp³-hybridized carbons (Fsp3) is 0.467. The Hall–Kier alpha value is -2.24. The van der Waals surface area contributed by atoms with E-state index in [1.54, 1.807) is 0 Å². The Morgan fingerprint density at radius 3 is 2.76 bits per heavy atom. The first kappa shape index (κ1) is 13.7. The average molecular weight is 285 g/mol. The first-order valence-corrected chi connectivity index (χ1v) is 7.29. The third kappa shape index (κ3) is 3.45. The highest BCUT2D eigenvalue weighted by atomic mass is 16.2. The van der Waals surface area contributed by atoms with Gasteiger partial charge in [-0.05, 0) is 41.7 Å². The van der Waals surface area contributed by atoms with Crippen LogP contribution in [0.5, 0.6) is 0 Å². The summed E-state index contributed by atoms with van der Waals surface area (Å²) in [6, 6.07) is 10.2. The van der Waals surface area contributed by atoms with E-state index in [1.807, 2.05) is 23.1 Å². The van der Waals surface area contributed by atoms with Crippen LogP contribution < -0.4 is 0 Å². The molecule has 110 valence electrons. The molecule has 3 rings (SSSR count). The molecule has 21 heavy (non-hydrogen) atoms. The van der Waals surface area contributed by atoms with E-state index >= 15 is 0 Å². The molecule has 1 fully saturated rings. The lowest BCUT2D eigenvalue weighted by molar-refractivity contribution is -0.134. The number of rotatable bonds is 6. The van der Waals surface area contributed by atoms with Gasteiger partial charge in [0.15, 0.2) is 0 Å². The zero-order chi connectivity index (χ0) is 14.7. The van der Waals surface area contributed by atoms with E-state index in [4.69, 9.17) is 0 Å². The number of benzene rings is 1. The third-order valence-corrected chi connectivity index (χ3v) is 3.91. The van der Waals surface area contributed by atoms with Crippen molar-refractivity contribution in [1.82, 2.24) is 25.1 Å². The second-order valence-electron chi connectivity index (χ2n) is 5.58. The molecule has 1 saturated carbocycles. The van der Waals surface area contributed by atoms with Crippen LogP contribution in [0.1, 0.15) is 31.4 Å². The van der Waals surface area contributed by atoms with Gasteiger partial charge in [0.1, 0.15) is 12.9 Å². The van der Waals surface area contributed by atoms with E-state index in [-0.39, 0.29) is 18.5 Å². The molecule has 1 atom stereocenters. The van der Waals surface area contributed by atoms with Gasteiger partial charge in [-0.1, -0.05) is 30.3 Å². The molecule has 1 heterocycles. The number of aromatic nitrogens is 4. The second kappa shape index (κ2) is 6.03. The standard InChI is InChI=1S/C15H19N5O/c1-12(14-5-3-2-4-6-14)20(9-13-7-8-13)15(21)10-19-11-16-17-18-19/h2-6,11-13H,7-10H2,1H3/t12-/m1/s1. The molecule has 0 spiro atoms. The monoisotopic (exact) mass is 285 g/mol. The summed E-state index contributed by atoms with van der Waals surface area (Å²) in [5.41, 5.74) is 1.16. The second-order valence-corrected chi connectivity index (χ2v) is 5.58. The highest BCUT2D eigenvalue weighted by Gasteiger charge is 2.30. The summed E-state index contributed by atoms with van der Waals surface area (Å²) in [4.78, 5) is 14.6. The number of carbonyl (C=O) groups is 1. The number of hydrogen-bond acceptors (Lipinski definition) is 4. The smallest absolute Gasteiger partial charge is 0.244 e. The van der Waals surface area contributed by atoms with Crippen LogP contribution in [0.15, 0.2) is 36.7 Å². The van der Waals surface area contributed by atoms with Crippen molar-refractivity contribution >= 4 is 5.91 Å². The molecule has 1 aromatic carbocycles. The zero-order valence-electron chi connectivity index (χ0n) is 12.1. The summed E-state index contributed by atoms with van der Waals surface area (Å²) in [5.74, 6) is 0.708. The number of carbonyl (C=O) groups excluding carboxylic acids is 1. The van der Waals surface area contributed by atoms with Crippen molar-refractivity contribution in [3.8, 4) is 0 Å². The van der Waals surface area contributed by atoms with Gasteiger partial charge in [-0.2, -0.15) is 0 Å². The quantitative estimate of drug-likeness (QED) is 0.810. The van der Waals surface area contributed by atoms with Gasteiger partial charge in [-0.3, -0.25) is 4.79 Å². The van der Waals surface area contributed by atoms with Crippen LogP contribution >= 0.6 is 0 Å². The zero-order valence-corrected chi connectivity index (χ0v) is 12.1. The molecule has 0 saturated heterocycles. The van der Waals surface area contributed by atoms with Crippen molar-refractivity contribution in [2.75, 3.05) is 6.54 Å². The summed E-state index contributed by atoms with van der Waals surface area (Å²) in [6.07, 6.45) is 3.91. The van der Waals surface area contributed by atoms with E-state index in [1.165, 1.54) is 23.9 Å². The Kier molecular flexibility index (Phi) is 3.94. The van der Waals surface area contributed by atoms with Gasteiger partial charge in [-0.25, -0.2) is 4.68 Å². The average Bonchev–Trinajstić information content (AvgIpc) is 3.20. The number of hydrogen-bond donors (Lipinski definition) is 0. The van der Waals surface area contributed by atoms with Gasteiger partial charge < -0.3 is 4.90 Å². The molecule has 1 aromatic heterocycles. The van der Waals surface area contributed by atoms with Crippen LogP contribution in [0.4, 0.5) is 0 Å². The molecule has 0 N–H and O–H groups in total. The molecule has 0 radical (unpaired) electrons. The van der Waals surface area contributed by atoms with Crippen molar-refractivity contribution in [2.24, 2.45) is 5.92 Å². The van der Waals surface area contributed by atoms with Crippen LogP contribution in [-0.4, -0.2) is 37.6 Å². The van der Waals surface area contributed by atoms with Crippen LogP contribution in [0.3, 0.4) is 0 Å². The fourth-order valence-corrected chi connectivity index (χ4v) is 2.45. The van der Waals surface area contributed by atoms with Gasteiger partial charge in [0.25, 0.3) is 0 Å². The Balaban J connectivity index is 1.74. The maximum absolute atomic E-state index is 12.6. The molecule has 6 heteroatoms. The fourth-order valence-electron chi connectivity index (χ4n) is 2.45. The molecule has 0 aliphatic heterocycles. The Morgan fingerprint density at radius 2 is 2.14 bits per heavy atom. The SMILES string of the molecule is C[C@H](c1ccccc1)N(CC1CC1)C(=O)Cn1cnnn1. The molecule has 1 amide bonds. The summed E-state index contributed by atoms with van der Waals surface area (Å²) < 4.78 is 1.47. The Labute approximate surface area is 123 Å². The van der Waals surface area contributed by atoms with E-state index < -0.39 is 0 Å². The topological polar surface area (TPSA) is 63.9 Å². The molecule has 1 aliphatic rings. The first-order chi connectivity index (χ1) is 10.2. The molecule has 1 aliphatic carbocycles. The van der Waals surface area contributed by atoms with Crippen molar-refractivity contribution in [3.05, 3.63) is 42.2 Å². The van der Waals surface area contributed by atoms with Crippen LogP contribution in [0.25, 0.3) is 0 Å². The molecule has 0 unspecified atom stereocenters. The lowest BCUT2D eigenvalue weighted by atomic mass is 10.1. The Morgan fingerprint density at radius 1 is 1.38 bits per heavy atom. The normalized spacial score (nSPS) is 15.7. The van der Waals surface area contributed by atoms with E-state index in [0.717, 1.165) is 12.1 Å². The number of amides is 1. The molecule has 6 nitrogen and oxygen atoms in total. The van der Waals surface area contributed by atoms with Gasteiger partial charge in [0.05, 0.1) is 6.04 Å². The largest absolute Gasteiger partial charge is 0.334 e. The minimum atomic E-state index is 0.0607. The van der Waals surface area contributed by atoms with Crippen LogP contribution in [0.2, 0.25) is 0 Å². The van der Waals surface area contributed by atoms with E-state index in [2.05, 4.69) is 34.6 Å². The highest BCUT2D eigenvalue weighted by Crippen LogP contribution is 2.32. The summed E-state index contributed by atoms with van der Waals surface area (Å²) in [7, 11) is 0. The first-order valence-electron chi connectivity index (χ1n) is 7.29. The van der Waals surface area contributed by atoms with Gasteiger partial charge >= 0.3 is 0 Å². The summed E-state index contributed by atoms with van der Waals surface area (Å²) >= 11 is 0. The van der Waals surface area contributed by atoms with Crippen LogP contribution in [-0.2, 0) is 11.3 Å². The van der Waals surface area contributed by atoms with Crippen LogP contribution in [0, 0.1) is 5.92 Å². The molecular formula is C15H19N5O. The number of tetrazole rings is 1. The van der Waals surface area contributed by atoms with Gasteiger partial charge in [0.2, 0.25) is 5.91 Å². The predicted molar refractivity (Wildman–Crippen MR) is 77.1 cm³/mol. The lowest BCUT2D eigenvalue weighted by Crippen LogP contribution is -2.37. The minimum Gasteiger partial charge on any atom is -0.334 e. The predicted octanol–water partition coefficient (Wildman–Crippen LogP) is 1.67.